The highest BCUT2D eigenvalue weighted by Crippen LogP contribution is 2.49. The molecule has 0 radical (unpaired) electrons. The van der Waals surface area contributed by atoms with Crippen LogP contribution in [0.25, 0.3) is 134 Å². The number of benzene rings is 12. The van der Waals surface area contributed by atoms with Crippen molar-refractivity contribution in [3.05, 3.63) is 320 Å². The van der Waals surface area contributed by atoms with Crippen molar-refractivity contribution in [2.24, 2.45) is 0 Å². The van der Waals surface area contributed by atoms with Crippen molar-refractivity contribution in [1.29, 1.82) is 0 Å². The smallest absolute Gasteiger partial charge is 0.269 e. The molecule has 17 rings (SSSR count). The van der Waals surface area contributed by atoms with Crippen molar-refractivity contribution < 1.29 is 9.30 Å². The average Bonchev–Trinajstić information content (AvgIpc) is 1.56. The molecule has 4 aromatic heterocycles. The van der Waals surface area contributed by atoms with Crippen LogP contribution in [-0.2, 0) is 5.41 Å². The third-order valence-corrected chi connectivity index (χ3v) is 18.2. The summed E-state index contributed by atoms with van der Waals surface area (Å²) in [7, 11) is 0. The summed E-state index contributed by atoms with van der Waals surface area (Å²) >= 11 is 0. The standard InChI is InChI=1S/C83H58N6O/c1-54-23-20-40-77-80(54)85-82-88(77)76-42-41-67(50-78(76)89(82)79-51-73-71(52-84-79)70-34-16-17-37-72(70)83(73,2)3)90-66-33-21-32-65(49-66)86-53-87(75-39-19-18-38-74(75)86)81-68(63-45-59(55-24-8-4-9-25-55)43-60(46-63)56-26-10-5-11-27-56)35-22-36-69(81)64-47-61(57-28-12-6-13-29-57)44-62(48-64)58-30-14-7-15-31-58/h4-52H,1-3H3. The monoisotopic (exact) mass is 1150 g/mol. The zero-order valence-electron chi connectivity index (χ0n) is 49.9. The van der Waals surface area contributed by atoms with Crippen LogP contribution in [0.3, 0.4) is 0 Å². The van der Waals surface area contributed by atoms with E-state index in [9.17, 15) is 0 Å². The molecule has 0 spiro atoms. The topological polar surface area (TPSA) is 53.2 Å². The highest BCUT2D eigenvalue weighted by molar-refractivity contribution is 5.95. The van der Waals surface area contributed by atoms with Gasteiger partial charge in [-0.15, -0.1) is 0 Å². The molecule has 0 aliphatic heterocycles. The summed E-state index contributed by atoms with van der Waals surface area (Å²) < 4.78 is 15.9. The highest BCUT2D eigenvalue weighted by atomic mass is 16.5. The van der Waals surface area contributed by atoms with Crippen LogP contribution in [0.1, 0.15) is 30.5 Å². The van der Waals surface area contributed by atoms with Crippen molar-refractivity contribution in [2.75, 3.05) is 0 Å². The molecule has 0 unspecified atom stereocenters. The fourth-order valence-corrected chi connectivity index (χ4v) is 13.8. The van der Waals surface area contributed by atoms with Gasteiger partial charge in [0.1, 0.15) is 17.3 Å². The van der Waals surface area contributed by atoms with Gasteiger partial charge in [-0.05, 0) is 175 Å². The first-order valence-corrected chi connectivity index (χ1v) is 30.7. The maximum Gasteiger partial charge on any atom is 0.269 e. The van der Waals surface area contributed by atoms with Crippen molar-refractivity contribution in [1.82, 2.24) is 23.5 Å². The fourth-order valence-electron chi connectivity index (χ4n) is 13.8. The second-order valence-electron chi connectivity index (χ2n) is 24.1. The predicted octanol–water partition coefficient (Wildman–Crippen LogP) is 20.3. The molecule has 4 heterocycles. The zero-order valence-corrected chi connectivity index (χ0v) is 49.9. The van der Waals surface area contributed by atoms with Crippen LogP contribution in [0, 0.1) is 13.3 Å². The van der Waals surface area contributed by atoms with Gasteiger partial charge in [0, 0.05) is 23.2 Å². The Morgan fingerprint density at radius 3 is 1.56 bits per heavy atom. The second kappa shape index (κ2) is 21.0. The van der Waals surface area contributed by atoms with E-state index in [-0.39, 0.29) is 5.41 Å². The van der Waals surface area contributed by atoms with E-state index in [1.165, 1.54) is 22.3 Å². The van der Waals surface area contributed by atoms with E-state index in [0.717, 1.165) is 128 Å². The molecule has 7 nitrogen and oxygen atoms in total. The first-order valence-electron chi connectivity index (χ1n) is 30.7. The SMILES string of the molecule is Cc1cccc2c1nc1n(-c3cc4c(cn3)-c3ccccc3C4(C)C)c3cc(Oc4cccc(-n5[c-][n+](-c6c(-c7cc(-c8ccccc8)cc(-c8ccccc8)c7)cccc6-c6cc(-c7ccccc7)cc(-c7ccccc7)c6)c6ccccc65)c4)ccc3n21. The molecule has 0 bridgehead atoms. The van der Waals surface area contributed by atoms with Gasteiger partial charge in [0.05, 0.1) is 44.5 Å². The molecular formula is C83H58N6O. The van der Waals surface area contributed by atoms with E-state index < -0.39 is 0 Å². The molecule has 0 atom stereocenters. The minimum absolute atomic E-state index is 0.214. The second-order valence-corrected chi connectivity index (χ2v) is 24.1. The van der Waals surface area contributed by atoms with E-state index in [1.54, 1.807) is 0 Å². The van der Waals surface area contributed by atoms with Crippen molar-refractivity contribution in [2.45, 2.75) is 26.2 Å². The number of pyridine rings is 1. The summed E-state index contributed by atoms with van der Waals surface area (Å²) in [6.45, 7) is 6.74. The summed E-state index contributed by atoms with van der Waals surface area (Å²) in [5.74, 6) is 2.97. The van der Waals surface area contributed by atoms with Gasteiger partial charge in [0.2, 0.25) is 5.78 Å². The van der Waals surface area contributed by atoms with Gasteiger partial charge in [-0.1, -0.05) is 220 Å². The Labute approximate surface area is 521 Å². The quantitative estimate of drug-likeness (QED) is 0.0958. The molecular weight excluding hydrogens is 1100 g/mol. The predicted molar refractivity (Wildman–Crippen MR) is 366 cm³/mol. The van der Waals surface area contributed by atoms with Crippen molar-refractivity contribution in [3.63, 3.8) is 0 Å². The normalized spacial score (nSPS) is 12.5. The lowest BCUT2D eigenvalue weighted by molar-refractivity contribution is -0.571. The number of nitrogens with zero attached hydrogens (tertiary/aromatic N) is 6. The molecule has 426 valence electrons. The Bertz CT molecular complexity index is 5230. The number of para-hydroxylation sites is 4. The summed E-state index contributed by atoms with van der Waals surface area (Å²) in [5, 5.41) is 0. The Morgan fingerprint density at radius 1 is 0.400 bits per heavy atom. The Hall–Kier alpha value is -11.7. The number of imidazole rings is 3. The van der Waals surface area contributed by atoms with Crippen LogP contribution in [0.4, 0.5) is 0 Å². The van der Waals surface area contributed by atoms with Crippen LogP contribution in [0.2, 0.25) is 0 Å². The van der Waals surface area contributed by atoms with E-state index in [4.69, 9.17) is 14.7 Å². The van der Waals surface area contributed by atoms with Gasteiger partial charge in [-0.2, -0.15) is 0 Å². The summed E-state index contributed by atoms with van der Waals surface area (Å²) in [5.41, 5.74) is 27.1. The Balaban J connectivity index is 0.831. The third kappa shape index (κ3) is 8.76. The number of rotatable bonds is 11. The lowest BCUT2D eigenvalue weighted by atomic mass is 9.83. The zero-order chi connectivity index (χ0) is 60.0. The van der Waals surface area contributed by atoms with Crippen molar-refractivity contribution in [3.8, 4) is 107 Å². The molecule has 12 aromatic carbocycles. The number of hydrogen-bond donors (Lipinski definition) is 0. The molecule has 7 heteroatoms. The van der Waals surface area contributed by atoms with Gasteiger partial charge in [0.15, 0.2) is 0 Å². The maximum absolute atomic E-state index is 7.02. The van der Waals surface area contributed by atoms with Crippen LogP contribution in [0.5, 0.6) is 11.5 Å². The van der Waals surface area contributed by atoms with E-state index >= 15 is 0 Å². The third-order valence-electron chi connectivity index (χ3n) is 18.2. The Kier molecular flexibility index (Phi) is 12.3. The van der Waals surface area contributed by atoms with Gasteiger partial charge in [0.25, 0.3) is 6.33 Å². The molecule has 16 aromatic rings. The van der Waals surface area contributed by atoms with Gasteiger partial charge >= 0.3 is 0 Å². The Morgan fingerprint density at radius 2 is 0.922 bits per heavy atom. The first-order chi connectivity index (χ1) is 44.3. The largest absolute Gasteiger partial charge is 0.458 e. The van der Waals surface area contributed by atoms with Gasteiger partial charge < -0.3 is 4.74 Å². The molecule has 0 N–H and O–H groups in total. The lowest BCUT2D eigenvalue weighted by Crippen LogP contribution is -2.31. The summed E-state index contributed by atoms with van der Waals surface area (Å²) in [6.07, 6.45) is 6.03. The van der Waals surface area contributed by atoms with Crippen LogP contribution >= 0.6 is 0 Å². The molecule has 0 amide bonds. The van der Waals surface area contributed by atoms with Gasteiger partial charge in [-0.3, -0.25) is 18.1 Å². The average molecular weight is 1160 g/mol. The molecule has 1 aliphatic rings. The summed E-state index contributed by atoms with van der Waals surface area (Å²) in [6, 6.07) is 104. The lowest BCUT2D eigenvalue weighted by Gasteiger charge is -2.21. The maximum atomic E-state index is 7.02. The van der Waals surface area contributed by atoms with Crippen LogP contribution in [0.15, 0.2) is 297 Å². The highest BCUT2D eigenvalue weighted by Gasteiger charge is 2.36. The molecule has 0 saturated heterocycles. The number of ether oxygens (including phenoxy) is 1. The van der Waals surface area contributed by atoms with Crippen LogP contribution in [-0.4, -0.2) is 23.5 Å². The van der Waals surface area contributed by atoms with E-state index in [2.05, 4.69) is 330 Å². The molecule has 0 saturated carbocycles. The fraction of sp³-hybridized carbons (Fsp3) is 0.0482. The number of aromatic nitrogens is 6. The van der Waals surface area contributed by atoms with E-state index in [1.807, 2.05) is 12.3 Å². The first kappa shape index (κ1) is 52.6. The minimum atomic E-state index is -0.214. The molecule has 90 heavy (non-hydrogen) atoms. The number of fused-ring (bicyclic) bond motifs is 9. The molecule has 1 aliphatic carbocycles. The van der Waals surface area contributed by atoms with Gasteiger partial charge in [-0.25, -0.2) is 9.97 Å². The number of aryl methyl sites for hydroxylation is 1. The van der Waals surface area contributed by atoms with Crippen molar-refractivity contribution >= 4 is 38.9 Å². The van der Waals surface area contributed by atoms with Crippen LogP contribution < -0.4 is 9.30 Å². The summed E-state index contributed by atoms with van der Waals surface area (Å²) in [4.78, 5) is 10.6. The number of hydrogen-bond acceptors (Lipinski definition) is 3. The molecule has 0 fully saturated rings. The van der Waals surface area contributed by atoms with E-state index in [0.29, 0.717) is 11.5 Å². The minimum Gasteiger partial charge on any atom is -0.458 e.